The average Bonchev–Trinajstić information content (AvgIpc) is 2.00. The standard InChI is InChI=1S/C7H15NO3/c1-6(2)8-7(3-9,4-10)5-11/h9-11H,3-5H2,1-2H3. The highest BCUT2D eigenvalue weighted by Crippen LogP contribution is 2.08. The first-order valence-corrected chi connectivity index (χ1v) is 3.46. The molecule has 66 valence electrons. The predicted molar refractivity (Wildman–Crippen MR) is 42.8 cm³/mol. The predicted octanol–water partition coefficient (Wildman–Crippen LogP) is -0.817. The lowest BCUT2D eigenvalue weighted by atomic mass is 10.0. The number of nitrogens with zero attached hydrogens (tertiary/aromatic N) is 1. The van der Waals surface area contributed by atoms with Crippen molar-refractivity contribution in [3.8, 4) is 0 Å². The first kappa shape index (κ1) is 10.6. The van der Waals surface area contributed by atoms with Crippen molar-refractivity contribution in [2.75, 3.05) is 19.8 Å². The Kier molecular flexibility index (Phi) is 4.25. The van der Waals surface area contributed by atoms with Crippen LogP contribution in [-0.4, -0.2) is 46.4 Å². The van der Waals surface area contributed by atoms with Crippen molar-refractivity contribution in [3.05, 3.63) is 0 Å². The maximum Gasteiger partial charge on any atom is 0.129 e. The molecule has 0 aromatic heterocycles. The second-order valence-electron chi connectivity index (χ2n) is 2.76. The summed E-state index contributed by atoms with van der Waals surface area (Å²) in [5, 5.41) is 26.4. The smallest absolute Gasteiger partial charge is 0.129 e. The van der Waals surface area contributed by atoms with Gasteiger partial charge in [0.05, 0.1) is 19.8 Å². The highest BCUT2D eigenvalue weighted by Gasteiger charge is 2.26. The molecule has 0 aliphatic rings. The summed E-state index contributed by atoms with van der Waals surface area (Å²) >= 11 is 0. The van der Waals surface area contributed by atoms with E-state index in [2.05, 4.69) is 4.99 Å². The summed E-state index contributed by atoms with van der Waals surface area (Å²) < 4.78 is 0. The van der Waals surface area contributed by atoms with Crippen molar-refractivity contribution < 1.29 is 15.3 Å². The molecule has 0 aliphatic carbocycles. The van der Waals surface area contributed by atoms with Crippen molar-refractivity contribution in [2.45, 2.75) is 19.4 Å². The van der Waals surface area contributed by atoms with Crippen LogP contribution in [-0.2, 0) is 0 Å². The molecule has 0 aromatic carbocycles. The molecule has 0 radical (unpaired) electrons. The molecule has 4 heteroatoms. The van der Waals surface area contributed by atoms with E-state index in [1.165, 1.54) is 0 Å². The number of aliphatic hydroxyl groups excluding tert-OH is 3. The molecule has 0 saturated heterocycles. The Bertz CT molecular complexity index is 128. The molecule has 0 atom stereocenters. The molecule has 0 rings (SSSR count). The van der Waals surface area contributed by atoms with Crippen molar-refractivity contribution in [1.29, 1.82) is 0 Å². The van der Waals surface area contributed by atoms with Gasteiger partial charge >= 0.3 is 0 Å². The molecular formula is C7H15NO3. The topological polar surface area (TPSA) is 73.1 Å². The Labute approximate surface area is 66.2 Å². The zero-order valence-corrected chi connectivity index (χ0v) is 6.91. The normalized spacial score (nSPS) is 11.4. The average molecular weight is 161 g/mol. The lowest BCUT2D eigenvalue weighted by Gasteiger charge is -2.22. The fourth-order valence-electron chi connectivity index (χ4n) is 0.730. The van der Waals surface area contributed by atoms with Crippen molar-refractivity contribution in [1.82, 2.24) is 0 Å². The van der Waals surface area contributed by atoms with Gasteiger partial charge in [-0.2, -0.15) is 0 Å². The van der Waals surface area contributed by atoms with Crippen LogP contribution in [0.4, 0.5) is 0 Å². The Morgan fingerprint density at radius 3 is 1.55 bits per heavy atom. The summed E-state index contributed by atoms with van der Waals surface area (Å²) in [6.07, 6.45) is 0. The quantitative estimate of drug-likeness (QED) is 0.472. The number of aliphatic imine (C=N–C) groups is 1. The van der Waals surface area contributed by atoms with Crippen molar-refractivity contribution in [3.63, 3.8) is 0 Å². The monoisotopic (exact) mass is 161 g/mol. The molecule has 0 aromatic rings. The second-order valence-corrected chi connectivity index (χ2v) is 2.76. The third-order valence-electron chi connectivity index (χ3n) is 1.34. The summed E-state index contributed by atoms with van der Waals surface area (Å²) in [6, 6.07) is 0. The largest absolute Gasteiger partial charge is 0.394 e. The second kappa shape index (κ2) is 4.43. The summed E-state index contributed by atoms with van der Waals surface area (Å²) in [7, 11) is 0. The van der Waals surface area contributed by atoms with Crippen LogP contribution < -0.4 is 0 Å². The Morgan fingerprint density at radius 1 is 1.09 bits per heavy atom. The molecule has 0 fully saturated rings. The van der Waals surface area contributed by atoms with Gasteiger partial charge in [-0.1, -0.05) is 0 Å². The number of hydrogen-bond acceptors (Lipinski definition) is 4. The van der Waals surface area contributed by atoms with Crippen LogP contribution in [0.2, 0.25) is 0 Å². The molecule has 0 saturated carbocycles. The summed E-state index contributed by atoms with van der Waals surface area (Å²) in [6.45, 7) is 2.47. The van der Waals surface area contributed by atoms with Gasteiger partial charge < -0.3 is 15.3 Å². The summed E-state index contributed by atoms with van der Waals surface area (Å²) in [5.74, 6) is 0. The van der Waals surface area contributed by atoms with Gasteiger partial charge in [-0.25, -0.2) is 0 Å². The van der Waals surface area contributed by atoms with Gasteiger partial charge in [-0.3, -0.25) is 4.99 Å². The maximum absolute atomic E-state index is 8.80. The van der Waals surface area contributed by atoms with Gasteiger partial charge in [-0.15, -0.1) is 0 Å². The Hall–Kier alpha value is -0.450. The van der Waals surface area contributed by atoms with Gasteiger partial charge in [0.15, 0.2) is 0 Å². The first-order chi connectivity index (χ1) is 5.10. The minimum absolute atomic E-state index is 0.342. The van der Waals surface area contributed by atoms with E-state index in [1.54, 1.807) is 13.8 Å². The van der Waals surface area contributed by atoms with Crippen LogP contribution in [0.25, 0.3) is 0 Å². The molecular weight excluding hydrogens is 146 g/mol. The molecule has 0 aliphatic heterocycles. The number of aliphatic hydroxyl groups is 3. The summed E-state index contributed by atoms with van der Waals surface area (Å²) in [5.41, 5.74) is -0.374. The summed E-state index contributed by atoms with van der Waals surface area (Å²) in [4.78, 5) is 3.93. The van der Waals surface area contributed by atoms with E-state index in [9.17, 15) is 0 Å². The Balaban J connectivity index is 4.42. The first-order valence-electron chi connectivity index (χ1n) is 3.46. The zero-order chi connectivity index (χ0) is 8.91. The molecule has 0 spiro atoms. The minimum atomic E-state index is -1.10. The van der Waals surface area contributed by atoms with Crippen LogP contribution in [0.3, 0.4) is 0 Å². The van der Waals surface area contributed by atoms with Gasteiger partial charge in [-0.05, 0) is 13.8 Å². The molecule has 0 amide bonds. The minimum Gasteiger partial charge on any atom is -0.394 e. The molecule has 4 nitrogen and oxygen atoms in total. The maximum atomic E-state index is 8.80. The van der Waals surface area contributed by atoms with Crippen LogP contribution >= 0.6 is 0 Å². The third-order valence-corrected chi connectivity index (χ3v) is 1.34. The van der Waals surface area contributed by atoms with Gasteiger partial charge in [0, 0.05) is 5.71 Å². The van der Waals surface area contributed by atoms with Crippen LogP contribution in [0.1, 0.15) is 13.8 Å². The third kappa shape index (κ3) is 2.96. The van der Waals surface area contributed by atoms with E-state index in [0.29, 0.717) is 0 Å². The van der Waals surface area contributed by atoms with E-state index in [-0.39, 0.29) is 19.8 Å². The van der Waals surface area contributed by atoms with Gasteiger partial charge in [0.25, 0.3) is 0 Å². The number of rotatable bonds is 4. The van der Waals surface area contributed by atoms with E-state index in [0.717, 1.165) is 5.71 Å². The van der Waals surface area contributed by atoms with Crippen LogP contribution in [0, 0.1) is 0 Å². The van der Waals surface area contributed by atoms with E-state index < -0.39 is 5.54 Å². The van der Waals surface area contributed by atoms with Crippen LogP contribution in [0.15, 0.2) is 4.99 Å². The number of hydrogen-bond donors (Lipinski definition) is 3. The highest BCUT2D eigenvalue weighted by molar-refractivity contribution is 5.79. The van der Waals surface area contributed by atoms with E-state index in [1.807, 2.05) is 0 Å². The van der Waals surface area contributed by atoms with Gasteiger partial charge in [0.1, 0.15) is 5.54 Å². The fourth-order valence-corrected chi connectivity index (χ4v) is 0.730. The lowest BCUT2D eigenvalue weighted by Crippen LogP contribution is -2.40. The molecule has 0 unspecified atom stereocenters. The SMILES string of the molecule is CC(C)=NC(CO)(CO)CO. The molecule has 0 heterocycles. The zero-order valence-electron chi connectivity index (χ0n) is 6.91. The molecule has 11 heavy (non-hydrogen) atoms. The highest BCUT2D eigenvalue weighted by atomic mass is 16.3. The molecule has 3 N–H and O–H groups in total. The molecule has 0 bridgehead atoms. The van der Waals surface area contributed by atoms with Gasteiger partial charge in [0.2, 0.25) is 0 Å². The van der Waals surface area contributed by atoms with Crippen LogP contribution in [0.5, 0.6) is 0 Å². The fraction of sp³-hybridized carbons (Fsp3) is 0.857. The van der Waals surface area contributed by atoms with E-state index in [4.69, 9.17) is 15.3 Å². The lowest BCUT2D eigenvalue weighted by molar-refractivity contribution is 0.0714. The Morgan fingerprint density at radius 2 is 1.45 bits per heavy atom. The van der Waals surface area contributed by atoms with E-state index >= 15 is 0 Å². The van der Waals surface area contributed by atoms with Crippen molar-refractivity contribution >= 4 is 5.71 Å². The van der Waals surface area contributed by atoms with Crippen molar-refractivity contribution in [2.24, 2.45) is 4.99 Å².